The van der Waals surface area contributed by atoms with Crippen molar-refractivity contribution in [3.05, 3.63) is 46.8 Å². The van der Waals surface area contributed by atoms with Gasteiger partial charge in [-0.3, -0.25) is 9.48 Å². The molecule has 1 saturated heterocycles. The number of fused-ring (bicyclic) bond motifs is 1. The average molecular weight is 398 g/mol. The molecular formula is C23H31N3O3. The Morgan fingerprint density at radius 2 is 2.00 bits per heavy atom. The SMILES string of the molecule is COc1ccc2c(c1)C[C@@H](C1CCOCC1)N(C(=O)CCn1nc(C)cc1C)C2. The summed E-state index contributed by atoms with van der Waals surface area (Å²) in [4.78, 5) is 15.4. The molecule has 29 heavy (non-hydrogen) atoms. The third-order valence-electron chi connectivity index (χ3n) is 6.35. The summed E-state index contributed by atoms with van der Waals surface area (Å²) in [6.07, 6.45) is 3.41. The van der Waals surface area contributed by atoms with Gasteiger partial charge in [0, 0.05) is 44.5 Å². The highest BCUT2D eigenvalue weighted by Gasteiger charge is 2.35. The normalized spacial score (nSPS) is 19.8. The molecule has 1 aromatic heterocycles. The quantitative estimate of drug-likeness (QED) is 0.777. The van der Waals surface area contributed by atoms with E-state index < -0.39 is 0 Å². The summed E-state index contributed by atoms with van der Waals surface area (Å²) in [5.74, 6) is 1.59. The highest BCUT2D eigenvalue weighted by atomic mass is 16.5. The van der Waals surface area contributed by atoms with Crippen LogP contribution in [-0.4, -0.2) is 47.0 Å². The maximum Gasteiger partial charge on any atom is 0.225 e. The second-order valence-electron chi connectivity index (χ2n) is 8.28. The molecule has 3 heterocycles. The number of carbonyl (C=O) groups is 1. The second-order valence-corrected chi connectivity index (χ2v) is 8.28. The molecule has 1 atom stereocenters. The van der Waals surface area contributed by atoms with Gasteiger partial charge in [-0.05, 0) is 68.4 Å². The number of hydrogen-bond acceptors (Lipinski definition) is 4. The first-order valence-corrected chi connectivity index (χ1v) is 10.6. The Hall–Kier alpha value is -2.34. The highest BCUT2D eigenvalue weighted by Crippen LogP contribution is 2.34. The molecule has 0 N–H and O–H groups in total. The van der Waals surface area contributed by atoms with Crippen LogP contribution in [0.4, 0.5) is 0 Å². The van der Waals surface area contributed by atoms with E-state index in [2.05, 4.69) is 28.2 Å². The molecule has 0 unspecified atom stereocenters. The van der Waals surface area contributed by atoms with Crippen molar-refractivity contribution in [1.29, 1.82) is 0 Å². The summed E-state index contributed by atoms with van der Waals surface area (Å²) in [6, 6.07) is 8.52. The van der Waals surface area contributed by atoms with Crippen LogP contribution in [0.5, 0.6) is 5.75 Å². The molecule has 6 nitrogen and oxygen atoms in total. The van der Waals surface area contributed by atoms with Crippen LogP contribution in [0.25, 0.3) is 0 Å². The Balaban J connectivity index is 1.54. The highest BCUT2D eigenvalue weighted by molar-refractivity contribution is 5.77. The maximum absolute atomic E-state index is 13.3. The van der Waals surface area contributed by atoms with Gasteiger partial charge in [-0.15, -0.1) is 0 Å². The number of ether oxygens (including phenoxy) is 2. The number of amides is 1. The van der Waals surface area contributed by atoms with Gasteiger partial charge >= 0.3 is 0 Å². The Labute approximate surface area is 172 Å². The largest absolute Gasteiger partial charge is 0.497 e. The first-order valence-electron chi connectivity index (χ1n) is 10.6. The van der Waals surface area contributed by atoms with Crippen molar-refractivity contribution >= 4 is 5.91 Å². The van der Waals surface area contributed by atoms with Gasteiger partial charge in [-0.2, -0.15) is 5.10 Å². The van der Waals surface area contributed by atoms with E-state index in [0.717, 1.165) is 49.6 Å². The summed E-state index contributed by atoms with van der Waals surface area (Å²) in [7, 11) is 1.70. The maximum atomic E-state index is 13.3. The molecule has 0 radical (unpaired) electrons. The molecule has 0 spiro atoms. The van der Waals surface area contributed by atoms with E-state index in [1.807, 2.05) is 24.6 Å². The lowest BCUT2D eigenvalue weighted by molar-refractivity contribution is -0.137. The van der Waals surface area contributed by atoms with Crippen molar-refractivity contribution in [2.45, 2.75) is 58.7 Å². The smallest absolute Gasteiger partial charge is 0.225 e. The topological polar surface area (TPSA) is 56.6 Å². The number of aryl methyl sites for hydroxylation is 3. The fourth-order valence-corrected chi connectivity index (χ4v) is 4.75. The average Bonchev–Trinajstić information content (AvgIpc) is 3.08. The summed E-state index contributed by atoms with van der Waals surface area (Å²) < 4.78 is 12.9. The monoisotopic (exact) mass is 397 g/mol. The second kappa shape index (κ2) is 8.57. The Bertz CT molecular complexity index is 870. The van der Waals surface area contributed by atoms with Crippen molar-refractivity contribution in [2.24, 2.45) is 5.92 Å². The van der Waals surface area contributed by atoms with Gasteiger partial charge in [-0.25, -0.2) is 0 Å². The Kier molecular flexibility index (Phi) is 5.90. The minimum atomic E-state index is 0.218. The van der Waals surface area contributed by atoms with Gasteiger partial charge in [0.25, 0.3) is 0 Å². The van der Waals surface area contributed by atoms with Crippen molar-refractivity contribution in [1.82, 2.24) is 14.7 Å². The zero-order chi connectivity index (χ0) is 20.4. The van der Waals surface area contributed by atoms with Gasteiger partial charge in [0.2, 0.25) is 5.91 Å². The number of hydrogen-bond donors (Lipinski definition) is 0. The van der Waals surface area contributed by atoms with Crippen molar-refractivity contribution in [2.75, 3.05) is 20.3 Å². The molecule has 0 bridgehead atoms. The Morgan fingerprint density at radius 1 is 1.21 bits per heavy atom. The van der Waals surface area contributed by atoms with Crippen LogP contribution >= 0.6 is 0 Å². The van der Waals surface area contributed by atoms with Gasteiger partial charge in [-0.1, -0.05) is 6.07 Å². The van der Waals surface area contributed by atoms with E-state index in [0.29, 0.717) is 25.4 Å². The third kappa shape index (κ3) is 4.32. The number of rotatable bonds is 5. The van der Waals surface area contributed by atoms with Gasteiger partial charge in [0.05, 0.1) is 12.8 Å². The first kappa shape index (κ1) is 20.0. The van der Waals surface area contributed by atoms with Gasteiger partial charge in [0.15, 0.2) is 0 Å². The predicted molar refractivity (Wildman–Crippen MR) is 111 cm³/mol. The minimum Gasteiger partial charge on any atom is -0.497 e. The van der Waals surface area contributed by atoms with Gasteiger partial charge < -0.3 is 14.4 Å². The number of methoxy groups -OCH3 is 1. The van der Waals surface area contributed by atoms with E-state index in [1.165, 1.54) is 11.1 Å². The molecule has 2 aliphatic rings. The summed E-state index contributed by atoms with van der Waals surface area (Å²) in [5.41, 5.74) is 4.64. The predicted octanol–water partition coefficient (Wildman–Crippen LogP) is 3.28. The number of benzene rings is 1. The molecular weight excluding hydrogens is 366 g/mol. The van der Waals surface area contributed by atoms with Crippen LogP contribution in [0.3, 0.4) is 0 Å². The van der Waals surface area contributed by atoms with Crippen molar-refractivity contribution in [3.63, 3.8) is 0 Å². The lowest BCUT2D eigenvalue weighted by atomic mass is 9.82. The molecule has 156 valence electrons. The van der Waals surface area contributed by atoms with Crippen LogP contribution in [0, 0.1) is 19.8 Å². The van der Waals surface area contributed by atoms with Gasteiger partial charge in [0.1, 0.15) is 5.75 Å². The molecule has 1 aromatic carbocycles. The fraction of sp³-hybridized carbons (Fsp3) is 0.565. The van der Waals surface area contributed by atoms with Crippen LogP contribution in [0.15, 0.2) is 24.3 Å². The van der Waals surface area contributed by atoms with Crippen molar-refractivity contribution < 1.29 is 14.3 Å². The molecule has 1 fully saturated rings. The minimum absolute atomic E-state index is 0.218. The zero-order valence-electron chi connectivity index (χ0n) is 17.7. The van der Waals surface area contributed by atoms with Crippen LogP contribution in [-0.2, 0) is 29.0 Å². The van der Waals surface area contributed by atoms with E-state index in [4.69, 9.17) is 9.47 Å². The molecule has 1 amide bonds. The van der Waals surface area contributed by atoms with Crippen LogP contribution in [0.2, 0.25) is 0 Å². The van der Waals surface area contributed by atoms with E-state index in [1.54, 1.807) is 7.11 Å². The van der Waals surface area contributed by atoms with Crippen LogP contribution < -0.4 is 4.74 Å². The number of aromatic nitrogens is 2. The molecule has 2 aromatic rings. The number of nitrogens with zero attached hydrogens (tertiary/aromatic N) is 3. The number of carbonyl (C=O) groups excluding carboxylic acids is 1. The van der Waals surface area contributed by atoms with Crippen LogP contribution in [0.1, 0.15) is 41.8 Å². The van der Waals surface area contributed by atoms with Crippen molar-refractivity contribution in [3.8, 4) is 5.75 Å². The third-order valence-corrected chi connectivity index (χ3v) is 6.35. The summed E-state index contributed by atoms with van der Waals surface area (Å²) in [5, 5.41) is 4.51. The standard InChI is InChI=1S/C23H31N3O3/c1-16-12-17(2)26(24-16)9-6-23(27)25-15-19-4-5-21(28-3)13-20(19)14-22(25)18-7-10-29-11-8-18/h4-5,12-13,18,22H,6-11,14-15H2,1-3H3/t22-/m0/s1. The molecule has 2 aliphatic heterocycles. The summed E-state index contributed by atoms with van der Waals surface area (Å²) in [6.45, 7) is 6.92. The molecule has 4 rings (SSSR count). The molecule has 6 heteroatoms. The van der Waals surface area contributed by atoms with E-state index in [9.17, 15) is 4.79 Å². The first-order chi connectivity index (χ1) is 14.0. The lowest BCUT2D eigenvalue weighted by Gasteiger charge is -2.42. The Morgan fingerprint density at radius 3 is 2.69 bits per heavy atom. The van der Waals surface area contributed by atoms with E-state index in [-0.39, 0.29) is 11.9 Å². The zero-order valence-corrected chi connectivity index (χ0v) is 17.7. The van der Waals surface area contributed by atoms with E-state index >= 15 is 0 Å². The molecule has 0 saturated carbocycles. The lowest BCUT2D eigenvalue weighted by Crippen LogP contribution is -2.49. The summed E-state index contributed by atoms with van der Waals surface area (Å²) >= 11 is 0. The fourth-order valence-electron chi connectivity index (χ4n) is 4.75. The molecule has 0 aliphatic carbocycles.